The quantitative estimate of drug-likeness (QED) is 0.858. The standard InChI is InChI=1S/C13H22N2OS/c1-11-8-13(10-16,5-6-15(11)2)14-9-12-4-3-7-17-12/h3-4,7,11,14,16H,5-6,8-10H2,1-2H3. The predicted molar refractivity (Wildman–Crippen MR) is 72.3 cm³/mol. The first kappa shape index (κ1) is 13.0. The minimum atomic E-state index is -0.0874. The van der Waals surface area contributed by atoms with Crippen LogP contribution in [0.1, 0.15) is 24.6 Å². The average molecular weight is 254 g/mol. The van der Waals surface area contributed by atoms with Crippen LogP contribution in [-0.4, -0.2) is 41.8 Å². The molecule has 1 aliphatic rings. The summed E-state index contributed by atoms with van der Waals surface area (Å²) in [5.74, 6) is 0. The Morgan fingerprint density at radius 1 is 1.65 bits per heavy atom. The Bertz CT molecular complexity index is 341. The molecule has 96 valence electrons. The lowest BCUT2D eigenvalue weighted by molar-refractivity contribution is 0.0582. The Morgan fingerprint density at radius 3 is 3.06 bits per heavy atom. The number of thiophene rings is 1. The number of rotatable bonds is 4. The Balaban J connectivity index is 1.95. The molecule has 2 unspecified atom stereocenters. The SMILES string of the molecule is CC1CC(CO)(NCc2cccs2)CCN1C. The van der Waals surface area contributed by atoms with E-state index >= 15 is 0 Å². The van der Waals surface area contributed by atoms with Gasteiger partial charge in [0.1, 0.15) is 0 Å². The van der Waals surface area contributed by atoms with Crippen molar-refractivity contribution in [2.75, 3.05) is 20.2 Å². The molecule has 1 saturated heterocycles. The maximum Gasteiger partial charge on any atom is 0.0614 e. The van der Waals surface area contributed by atoms with E-state index in [-0.39, 0.29) is 12.1 Å². The van der Waals surface area contributed by atoms with Gasteiger partial charge in [0.15, 0.2) is 0 Å². The zero-order valence-electron chi connectivity index (χ0n) is 10.6. The second-order valence-electron chi connectivity index (χ2n) is 5.16. The maximum atomic E-state index is 9.70. The van der Waals surface area contributed by atoms with Crippen molar-refractivity contribution < 1.29 is 5.11 Å². The van der Waals surface area contributed by atoms with E-state index < -0.39 is 0 Å². The second kappa shape index (κ2) is 5.48. The lowest BCUT2D eigenvalue weighted by Gasteiger charge is -2.44. The molecule has 0 spiro atoms. The number of piperidine rings is 1. The van der Waals surface area contributed by atoms with Gasteiger partial charge in [0.25, 0.3) is 0 Å². The molecule has 0 saturated carbocycles. The molecule has 1 aromatic rings. The number of likely N-dealkylation sites (tertiary alicyclic amines) is 1. The van der Waals surface area contributed by atoms with Crippen LogP contribution in [0.3, 0.4) is 0 Å². The van der Waals surface area contributed by atoms with Gasteiger partial charge >= 0.3 is 0 Å². The number of nitrogens with one attached hydrogen (secondary N) is 1. The Hall–Kier alpha value is -0.420. The predicted octanol–water partition coefficient (Wildman–Crippen LogP) is 1.68. The van der Waals surface area contributed by atoms with Gasteiger partial charge in [-0.25, -0.2) is 0 Å². The van der Waals surface area contributed by atoms with E-state index in [1.165, 1.54) is 4.88 Å². The highest BCUT2D eigenvalue weighted by Crippen LogP contribution is 2.26. The molecule has 1 fully saturated rings. The smallest absolute Gasteiger partial charge is 0.0614 e. The van der Waals surface area contributed by atoms with Gasteiger partial charge in [0.2, 0.25) is 0 Å². The summed E-state index contributed by atoms with van der Waals surface area (Å²) < 4.78 is 0. The minimum absolute atomic E-state index is 0.0874. The normalized spacial score (nSPS) is 30.6. The summed E-state index contributed by atoms with van der Waals surface area (Å²) in [6, 6.07) is 4.75. The van der Waals surface area contributed by atoms with Crippen LogP contribution in [0.2, 0.25) is 0 Å². The molecule has 4 heteroatoms. The Labute approximate surface area is 107 Å². The Morgan fingerprint density at radius 2 is 2.47 bits per heavy atom. The van der Waals surface area contributed by atoms with Crippen LogP contribution in [0.15, 0.2) is 17.5 Å². The van der Waals surface area contributed by atoms with Gasteiger partial charge in [-0.1, -0.05) is 6.07 Å². The number of nitrogens with zero attached hydrogens (tertiary/aromatic N) is 1. The van der Waals surface area contributed by atoms with Crippen molar-refractivity contribution in [2.24, 2.45) is 0 Å². The number of aliphatic hydroxyl groups excluding tert-OH is 1. The highest BCUT2D eigenvalue weighted by atomic mass is 32.1. The number of hydrogen-bond donors (Lipinski definition) is 2. The van der Waals surface area contributed by atoms with Crippen LogP contribution < -0.4 is 5.32 Å². The van der Waals surface area contributed by atoms with Crippen LogP contribution in [0, 0.1) is 0 Å². The van der Waals surface area contributed by atoms with E-state index in [1.807, 2.05) is 0 Å². The monoisotopic (exact) mass is 254 g/mol. The highest BCUT2D eigenvalue weighted by molar-refractivity contribution is 7.09. The first-order valence-electron chi connectivity index (χ1n) is 6.24. The minimum Gasteiger partial charge on any atom is -0.394 e. The first-order chi connectivity index (χ1) is 8.15. The molecule has 1 aromatic heterocycles. The van der Waals surface area contributed by atoms with Crippen LogP contribution >= 0.6 is 11.3 Å². The van der Waals surface area contributed by atoms with E-state index in [4.69, 9.17) is 0 Å². The third-order valence-electron chi connectivity index (χ3n) is 3.90. The highest BCUT2D eigenvalue weighted by Gasteiger charge is 2.36. The fourth-order valence-electron chi connectivity index (χ4n) is 2.48. The van der Waals surface area contributed by atoms with E-state index in [2.05, 4.69) is 41.7 Å². The third kappa shape index (κ3) is 3.07. The van der Waals surface area contributed by atoms with E-state index in [0.717, 1.165) is 25.9 Å². The number of hydrogen-bond acceptors (Lipinski definition) is 4. The zero-order chi connectivity index (χ0) is 12.3. The zero-order valence-corrected chi connectivity index (χ0v) is 11.5. The van der Waals surface area contributed by atoms with Crippen LogP contribution in [0.5, 0.6) is 0 Å². The molecule has 3 nitrogen and oxygen atoms in total. The van der Waals surface area contributed by atoms with Crippen LogP contribution in [0.25, 0.3) is 0 Å². The van der Waals surface area contributed by atoms with Crippen LogP contribution in [0.4, 0.5) is 0 Å². The second-order valence-corrected chi connectivity index (χ2v) is 6.19. The molecular weight excluding hydrogens is 232 g/mol. The largest absolute Gasteiger partial charge is 0.394 e. The topological polar surface area (TPSA) is 35.5 Å². The molecule has 2 heterocycles. The molecule has 2 atom stereocenters. The van der Waals surface area contributed by atoms with Crippen molar-refractivity contribution in [3.63, 3.8) is 0 Å². The lowest BCUT2D eigenvalue weighted by Crippen LogP contribution is -2.57. The van der Waals surface area contributed by atoms with Crippen molar-refractivity contribution in [1.29, 1.82) is 0 Å². The fraction of sp³-hybridized carbons (Fsp3) is 0.692. The van der Waals surface area contributed by atoms with Crippen LogP contribution in [-0.2, 0) is 6.54 Å². The molecule has 0 aliphatic carbocycles. The third-order valence-corrected chi connectivity index (χ3v) is 4.78. The molecule has 0 bridgehead atoms. The fourth-order valence-corrected chi connectivity index (χ4v) is 3.13. The molecule has 17 heavy (non-hydrogen) atoms. The van der Waals surface area contributed by atoms with Crippen molar-refractivity contribution >= 4 is 11.3 Å². The molecule has 1 aliphatic heterocycles. The molecule has 2 N–H and O–H groups in total. The first-order valence-corrected chi connectivity index (χ1v) is 7.12. The molecule has 0 aromatic carbocycles. The molecule has 2 rings (SSSR count). The van der Waals surface area contributed by atoms with Gasteiger partial charge in [-0.2, -0.15) is 0 Å². The summed E-state index contributed by atoms with van der Waals surface area (Å²) in [5.41, 5.74) is -0.0874. The van der Waals surface area contributed by atoms with Crippen molar-refractivity contribution in [1.82, 2.24) is 10.2 Å². The van der Waals surface area contributed by atoms with E-state index in [0.29, 0.717) is 6.04 Å². The van der Waals surface area contributed by atoms with Gasteiger partial charge in [-0.15, -0.1) is 11.3 Å². The summed E-state index contributed by atoms with van der Waals surface area (Å²) in [7, 11) is 2.16. The van der Waals surface area contributed by atoms with E-state index in [9.17, 15) is 5.11 Å². The summed E-state index contributed by atoms with van der Waals surface area (Å²) in [4.78, 5) is 3.70. The van der Waals surface area contributed by atoms with Gasteiger partial charge in [-0.3, -0.25) is 0 Å². The summed E-state index contributed by atoms with van der Waals surface area (Å²) in [6.07, 6.45) is 2.04. The lowest BCUT2D eigenvalue weighted by atomic mass is 9.84. The molecular formula is C13H22N2OS. The van der Waals surface area contributed by atoms with Gasteiger partial charge < -0.3 is 15.3 Å². The van der Waals surface area contributed by atoms with Crippen molar-refractivity contribution in [2.45, 2.75) is 37.9 Å². The van der Waals surface area contributed by atoms with Crippen molar-refractivity contribution in [3.05, 3.63) is 22.4 Å². The average Bonchev–Trinajstić information content (AvgIpc) is 2.84. The number of aliphatic hydroxyl groups is 1. The van der Waals surface area contributed by atoms with Crippen molar-refractivity contribution in [3.8, 4) is 0 Å². The van der Waals surface area contributed by atoms with Gasteiger partial charge in [-0.05, 0) is 44.8 Å². The van der Waals surface area contributed by atoms with Gasteiger partial charge in [0, 0.05) is 23.0 Å². The summed E-state index contributed by atoms with van der Waals surface area (Å²) in [5, 5.41) is 15.4. The molecule has 0 radical (unpaired) electrons. The maximum absolute atomic E-state index is 9.70. The van der Waals surface area contributed by atoms with Gasteiger partial charge in [0.05, 0.1) is 6.61 Å². The molecule has 0 amide bonds. The summed E-state index contributed by atoms with van der Waals surface area (Å²) >= 11 is 1.77. The summed E-state index contributed by atoms with van der Waals surface area (Å²) in [6.45, 7) is 4.39. The van der Waals surface area contributed by atoms with E-state index in [1.54, 1.807) is 11.3 Å². The Kier molecular flexibility index (Phi) is 4.20.